The lowest BCUT2D eigenvalue weighted by atomic mass is 9.75. The van der Waals surface area contributed by atoms with Crippen molar-refractivity contribution in [2.45, 2.75) is 53.4 Å². The third-order valence-corrected chi connectivity index (χ3v) is 5.37. The smallest absolute Gasteiger partial charge is 0.00520 e. The first-order valence-corrected chi connectivity index (χ1v) is 9.46. The summed E-state index contributed by atoms with van der Waals surface area (Å²) >= 11 is 0. The van der Waals surface area contributed by atoms with Crippen LogP contribution in [0.3, 0.4) is 0 Å². The molecule has 0 bridgehead atoms. The van der Waals surface area contributed by atoms with Gasteiger partial charge in [-0.15, -0.1) is 0 Å². The molecule has 0 heteroatoms. The molecular formula is C24H32. The SMILES string of the molecule is C=C(CC(C)(C)C)C(CC1CC1)C1C=C(c2ccccc2)C=C1C. The molecule has 0 aromatic heterocycles. The van der Waals surface area contributed by atoms with Gasteiger partial charge in [-0.3, -0.25) is 0 Å². The molecule has 0 saturated heterocycles. The Morgan fingerprint density at radius 3 is 2.42 bits per heavy atom. The van der Waals surface area contributed by atoms with Crippen molar-refractivity contribution >= 4 is 5.57 Å². The van der Waals surface area contributed by atoms with E-state index in [1.807, 2.05) is 0 Å². The summed E-state index contributed by atoms with van der Waals surface area (Å²) in [5, 5.41) is 0. The van der Waals surface area contributed by atoms with Gasteiger partial charge in [-0.25, -0.2) is 0 Å². The average Bonchev–Trinajstić information content (AvgIpc) is 3.25. The van der Waals surface area contributed by atoms with Crippen molar-refractivity contribution in [3.8, 4) is 0 Å². The zero-order valence-electron chi connectivity index (χ0n) is 15.8. The summed E-state index contributed by atoms with van der Waals surface area (Å²) in [5.41, 5.74) is 6.02. The minimum absolute atomic E-state index is 0.321. The third kappa shape index (κ3) is 4.29. The summed E-state index contributed by atoms with van der Waals surface area (Å²) < 4.78 is 0. The summed E-state index contributed by atoms with van der Waals surface area (Å²) in [5.74, 6) is 2.08. The van der Waals surface area contributed by atoms with Crippen LogP contribution in [0.2, 0.25) is 0 Å². The van der Waals surface area contributed by atoms with Gasteiger partial charge in [-0.05, 0) is 48.2 Å². The Balaban J connectivity index is 1.83. The van der Waals surface area contributed by atoms with Gasteiger partial charge in [-0.2, -0.15) is 0 Å². The normalized spacial score (nSPS) is 22.1. The van der Waals surface area contributed by atoms with Crippen molar-refractivity contribution in [3.05, 3.63) is 65.8 Å². The predicted molar refractivity (Wildman–Crippen MR) is 106 cm³/mol. The molecule has 1 aromatic carbocycles. The highest BCUT2D eigenvalue weighted by Crippen LogP contribution is 2.46. The van der Waals surface area contributed by atoms with Gasteiger partial charge in [0, 0.05) is 5.92 Å². The Morgan fingerprint density at radius 1 is 1.17 bits per heavy atom. The first kappa shape index (κ1) is 17.3. The average molecular weight is 321 g/mol. The van der Waals surface area contributed by atoms with Crippen LogP contribution in [0.15, 0.2) is 60.2 Å². The first-order valence-electron chi connectivity index (χ1n) is 9.46. The largest absolute Gasteiger partial charge is 0.0995 e. The standard InChI is InChI=1S/C24H32/c1-17-13-21(20-9-7-6-8-10-20)15-23(17)22(14-19-11-12-19)18(2)16-24(3,4)5/h6-10,13,15,19,22-23H,2,11-12,14,16H2,1,3-5H3. The lowest BCUT2D eigenvalue weighted by molar-refractivity contribution is 0.357. The molecule has 1 fully saturated rings. The molecule has 3 rings (SSSR count). The second-order valence-electron chi connectivity index (χ2n) is 9.08. The number of hydrogen-bond acceptors (Lipinski definition) is 0. The molecule has 1 aromatic rings. The van der Waals surface area contributed by atoms with Gasteiger partial charge in [-0.1, -0.05) is 93.8 Å². The molecule has 0 radical (unpaired) electrons. The van der Waals surface area contributed by atoms with E-state index in [2.05, 4.69) is 76.8 Å². The van der Waals surface area contributed by atoms with Crippen LogP contribution in [0, 0.1) is 23.2 Å². The van der Waals surface area contributed by atoms with Crippen LogP contribution in [-0.4, -0.2) is 0 Å². The number of benzene rings is 1. The van der Waals surface area contributed by atoms with E-state index in [9.17, 15) is 0 Å². The number of rotatable bonds is 6. The first-order chi connectivity index (χ1) is 11.3. The van der Waals surface area contributed by atoms with Gasteiger partial charge in [0.1, 0.15) is 0 Å². The van der Waals surface area contributed by atoms with Crippen LogP contribution in [0.25, 0.3) is 5.57 Å². The highest BCUT2D eigenvalue weighted by Gasteiger charge is 2.34. The van der Waals surface area contributed by atoms with Crippen molar-refractivity contribution in [1.29, 1.82) is 0 Å². The second-order valence-corrected chi connectivity index (χ2v) is 9.08. The predicted octanol–water partition coefficient (Wildman–Crippen LogP) is 7.05. The Kier molecular flexibility index (Phi) is 4.85. The molecule has 2 atom stereocenters. The molecule has 0 nitrogen and oxygen atoms in total. The number of allylic oxidation sites excluding steroid dienone is 5. The van der Waals surface area contributed by atoms with Crippen LogP contribution in [0.1, 0.15) is 58.9 Å². The van der Waals surface area contributed by atoms with Gasteiger partial charge in [0.25, 0.3) is 0 Å². The van der Waals surface area contributed by atoms with Crippen molar-refractivity contribution in [3.63, 3.8) is 0 Å². The Morgan fingerprint density at radius 2 is 1.83 bits per heavy atom. The lowest BCUT2D eigenvalue weighted by Crippen LogP contribution is -2.19. The fourth-order valence-electron chi connectivity index (χ4n) is 4.05. The van der Waals surface area contributed by atoms with E-state index < -0.39 is 0 Å². The fourth-order valence-corrected chi connectivity index (χ4v) is 4.05. The molecule has 0 amide bonds. The molecular weight excluding hydrogens is 288 g/mol. The molecule has 24 heavy (non-hydrogen) atoms. The topological polar surface area (TPSA) is 0 Å². The van der Waals surface area contributed by atoms with E-state index in [0.29, 0.717) is 17.3 Å². The fraction of sp³-hybridized carbons (Fsp3) is 0.500. The minimum Gasteiger partial charge on any atom is -0.0995 e. The maximum atomic E-state index is 4.54. The van der Waals surface area contributed by atoms with Gasteiger partial charge in [0.15, 0.2) is 0 Å². The molecule has 1 saturated carbocycles. The summed E-state index contributed by atoms with van der Waals surface area (Å²) in [4.78, 5) is 0. The summed E-state index contributed by atoms with van der Waals surface area (Å²) in [6.07, 6.45) is 10.2. The second kappa shape index (κ2) is 6.75. The van der Waals surface area contributed by atoms with Crippen LogP contribution in [-0.2, 0) is 0 Å². The van der Waals surface area contributed by atoms with Crippen molar-refractivity contribution in [1.82, 2.24) is 0 Å². The lowest BCUT2D eigenvalue weighted by Gasteiger charge is -2.30. The number of hydrogen-bond donors (Lipinski definition) is 0. The maximum Gasteiger partial charge on any atom is 0.00520 e. The van der Waals surface area contributed by atoms with Gasteiger partial charge in [0.05, 0.1) is 0 Å². The van der Waals surface area contributed by atoms with E-state index >= 15 is 0 Å². The van der Waals surface area contributed by atoms with E-state index in [1.54, 1.807) is 0 Å². The van der Waals surface area contributed by atoms with Crippen molar-refractivity contribution in [2.24, 2.45) is 23.2 Å². The Bertz CT molecular complexity index is 647. The maximum absolute atomic E-state index is 4.54. The Hall–Kier alpha value is -1.56. The minimum atomic E-state index is 0.321. The highest BCUT2D eigenvalue weighted by atomic mass is 14.4. The monoisotopic (exact) mass is 320 g/mol. The van der Waals surface area contributed by atoms with Crippen LogP contribution >= 0.6 is 0 Å². The molecule has 0 heterocycles. The van der Waals surface area contributed by atoms with E-state index in [-0.39, 0.29) is 0 Å². The summed E-state index contributed by atoms with van der Waals surface area (Å²) in [7, 11) is 0. The zero-order valence-corrected chi connectivity index (χ0v) is 15.8. The quantitative estimate of drug-likeness (QED) is 0.492. The van der Waals surface area contributed by atoms with Gasteiger partial charge in [0.2, 0.25) is 0 Å². The zero-order chi connectivity index (χ0) is 17.3. The van der Waals surface area contributed by atoms with Gasteiger partial charge < -0.3 is 0 Å². The molecule has 128 valence electrons. The summed E-state index contributed by atoms with van der Waals surface area (Å²) in [6, 6.07) is 10.8. The van der Waals surface area contributed by atoms with E-state index in [0.717, 1.165) is 12.3 Å². The molecule has 0 N–H and O–H groups in total. The Labute approximate surface area is 148 Å². The van der Waals surface area contributed by atoms with E-state index in [4.69, 9.17) is 0 Å². The van der Waals surface area contributed by atoms with Crippen LogP contribution in [0.4, 0.5) is 0 Å². The highest BCUT2D eigenvalue weighted by molar-refractivity contribution is 5.78. The van der Waals surface area contributed by atoms with Crippen LogP contribution in [0.5, 0.6) is 0 Å². The van der Waals surface area contributed by atoms with Crippen molar-refractivity contribution < 1.29 is 0 Å². The molecule has 2 aliphatic carbocycles. The molecule has 0 spiro atoms. The summed E-state index contributed by atoms with van der Waals surface area (Å²) in [6.45, 7) is 13.8. The van der Waals surface area contributed by atoms with Gasteiger partial charge >= 0.3 is 0 Å². The van der Waals surface area contributed by atoms with Crippen molar-refractivity contribution in [2.75, 3.05) is 0 Å². The molecule has 0 aliphatic heterocycles. The van der Waals surface area contributed by atoms with Crippen LogP contribution < -0.4 is 0 Å². The molecule has 2 unspecified atom stereocenters. The third-order valence-electron chi connectivity index (χ3n) is 5.37. The molecule has 2 aliphatic rings. The van der Waals surface area contributed by atoms with E-state index in [1.165, 1.54) is 41.5 Å².